The van der Waals surface area contributed by atoms with Crippen molar-refractivity contribution in [3.8, 4) is 5.69 Å². The molecule has 0 saturated carbocycles. The summed E-state index contributed by atoms with van der Waals surface area (Å²) in [7, 11) is 0. The van der Waals surface area contributed by atoms with Gasteiger partial charge in [0.05, 0.1) is 22.6 Å². The predicted molar refractivity (Wildman–Crippen MR) is 141 cm³/mol. The lowest BCUT2D eigenvalue weighted by molar-refractivity contribution is 0.189. The molecule has 1 atom stereocenters. The van der Waals surface area contributed by atoms with E-state index in [2.05, 4.69) is 21.2 Å². The minimum absolute atomic E-state index is 0.209. The van der Waals surface area contributed by atoms with Gasteiger partial charge in [-0.1, -0.05) is 52.7 Å². The van der Waals surface area contributed by atoms with E-state index in [-0.39, 0.29) is 11.6 Å². The Labute approximate surface area is 211 Å². The van der Waals surface area contributed by atoms with E-state index in [0.29, 0.717) is 39.7 Å². The molecule has 0 aliphatic carbocycles. The number of nitrogens with zero attached hydrogens (tertiary/aromatic N) is 3. The van der Waals surface area contributed by atoms with Crippen molar-refractivity contribution in [2.45, 2.75) is 26.3 Å². The lowest BCUT2D eigenvalue weighted by atomic mass is 10.2. The zero-order chi connectivity index (χ0) is 24.2. The fraction of sp³-hybridized carbons (Fsp3) is 0.192. The van der Waals surface area contributed by atoms with E-state index >= 15 is 0 Å². The molecule has 1 heterocycles. The van der Waals surface area contributed by atoms with Crippen molar-refractivity contribution in [3.05, 3.63) is 98.5 Å². The fourth-order valence-electron chi connectivity index (χ4n) is 3.87. The van der Waals surface area contributed by atoms with E-state index in [1.165, 1.54) is 0 Å². The molecule has 1 N–H and O–H groups in total. The van der Waals surface area contributed by atoms with Crippen molar-refractivity contribution < 1.29 is 4.79 Å². The molecular formula is C26H24BrClN4O2. The first-order chi connectivity index (χ1) is 16.4. The molecule has 3 aromatic carbocycles. The van der Waals surface area contributed by atoms with Crippen LogP contribution in [0.4, 0.5) is 10.5 Å². The number of fused-ring (bicyclic) bond motifs is 1. The molecule has 0 aliphatic heterocycles. The van der Waals surface area contributed by atoms with Crippen LogP contribution in [-0.4, -0.2) is 27.0 Å². The maximum absolute atomic E-state index is 13.6. The van der Waals surface area contributed by atoms with Gasteiger partial charge in [0.2, 0.25) is 0 Å². The Morgan fingerprint density at radius 3 is 2.56 bits per heavy atom. The van der Waals surface area contributed by atoms with Crippen molar-refractivity contribution in [1.29, 1.82) is 0 Å². The molecule has 0 saturated heterocycles. The topological polar surface area (TPSA) is 67.2 Å². The Bertz CT molecular complexity index is 1390. The minimum Gasteiger partial charge on any atom is -0.315 e. The van der Waals surface area contributed by atoms with Crippen molar-refractivity contribution in [3.63, 3.8) is 0 Å². The van der Waals surface area contributed by atoms with Crippen LogP contribution >= 0.6 is 27.5 Å². The molecule has 0 aliphatic rings. The number of benzene rings is 3. The quantitative estimate of drug-likeness (QED) is 0.293. The van der Waals surface area contributed by atoms with Gasteiger partial charge in [-0.2, -0.15) is 0 Å². The van der Waals surface area contributed by atoms with Crippen LogP contribution in [0.25, 0.3) is 16.6 Å². The molecule has 4 aromatic rings. The molecule has 34 heavy (non-hydrogen) atoms. The third kappa shape index (κ3) is 5.00. The second-order valence-corrected chi connectivity index (χ2v) is 9.27. The summed E-state index contributed by atoms with van der Waals surface area (Å²) in [5.74, 6) is 0.463. The van der Waals surface area contributed by atoms with Gasteiger partial charge in [-0.25, -0.2) is 9.78 Å². The second kappa shape index (κ2) is 10.4. The number of aromatic nitrogens is 2. The van der Waals surface area contributed by atoms with Gasteiger partial charge in [0, 0.05) is 21.7 Å². The fourth-order valence-corrected chi connectivity index (χ4v) is 4.32. The van der Waals surface area contributed by atoms with E-state index in [4.69, 9.17) is 16.6 Å². The monoisotopic (exact) mass is 538 g/mol. The molecule has 174 valence electrons. The molecule has 0 spiro atoms. The van der Waals surface area contributed by atoms with Crippen LogP contribution in [0.2, 0.25) is 5.02 Å². The van der Waals surface area contributed by atoms with Gasteiger partial charge in [-0.3, -0.25) is 9.36 Å². The van der Waals surface area contributed by atoms with E-state index in [1.54, 1.807) is 39.8 Å². The first-order valence-corrected chi connectivity index (χ1v) is 12.2. The van der Waals surface area contributed by atoms with Gasteiger partial charge >= 0.3 is 6.03 Å². The van der Waals surface area contributed by atoms with E-state index < -0.39 is 6.04 Å². The lowest BCUT2D eigenvalue weighted by Crippen LogP contribution is -2.40. The number of hydrogen-bond acceptors (Lipinski definition) is 3. The van der Waals surface area contributed by atoms with Crippen molar-refractivity contribution in [2.24, 2.45) is 0 Å². The van der Waals surface area contributed by atoms with Crippen molar-refractivity contribution in [1.82, 2.24) is 14.5 Å². The highest BCUT2D eigenvalue weighted by atomic mass is 79.9. The Morgan fingerprint density at radius 2 is 1.85 bits per heavy atom. The van der Waals surface area contributed by atoms with Crippen LogP contribution in [-0.2, 0) is 0 Å². The van der Waals surface area contributed by atoms with E-state index in [0.717, 1.165) is 10.9 Å². The first kappa shape index (κ1) is 24.0. The van der Waals surface area contributed by atoms with Crippen molar-refractivity contribution in [2.75, 3.05) is 11.9 Å². The third-order valence-corrected chi connectivity index (χ3v) is 6.29. The Kier molecular flexibility index (Phi) is 7.34. The number of rotatable bonds is 6. The number of urea groups is 1. The average molecular weight is 540 g/mol. The predicted octanol–water partition coefficient (Wildman–Crippen LogP) is 6.81. The van der Waals surface area contributed by atoms with Crippen LogP contribution in [0.5, 0.6) is 0 Å². The summed E-state index contributed by atoms with van der Waals surface area (Å²) >= 11 is 9.66. The molecule has 2 amide bonds. The Balaban J connectivity index is 1.82. The zero-order valence-corrected chi connectivity index (χ0v) is 21.2. The minimum atomic E-state index is -0.494. The number of hydrogen-bond donors (Lipinski definition) is 1. The summed E-state index contributed by atoms with van der Waals surface area (Å²) in [6.45, 7) is 4.38. The van der Waals surface area contributed by atoms with Crippen LogP contribution in [0.15, 0.2) is 82.1 Å². The molecular weight excluding hydrogens is 516 g/mol. The highest BCUT2D eigenvalue weighted by Gasteiger charge is 2.26. The van der Waals surface area contributed by atoms with E-state index in [1.807, 2.05) is 56.3 Å². The largest absolute Gasteiger partial charge is 0.322 e. The molecule has 0 radical (unpaired) electrons. The molecule has 0 bridgehead atoms. The standard InChI is InChI=1S/C26H24BrClN4O2/c1-3-15-31(26(34)29-20-13-11-18(27)12-14-20)17(2)24-30-23-10-5-4-9-22(23)25(33)32(24)21-8-6-7-19(28)16-21/h4-14,16-17H,3,15H2,1-2H3,(H,29,34). The van der Waals surface area contributed by atoms with Gasteiger partial charge in [0.15, 0.2) is 0 Å². The summed E-state index contributed by atoms with van der Waals surface area (Å²) in [5, 5.41) is 3.96. The zero-order valence-electron chi connectivity index (χ0n) is 18.8. The summed E-state index contributed by atoms with van der Waals surface area (Å²) < 4.78 is 2.48. The average Bonchev–Trinajstić information content (AvgIpc) is 2.83. The highest BCUT2D eigenvalue weighted by molar-refractivity contribution is 9.10. The number of halogens is 2. The van der Waals surface area contributed by atoms with Gasteiger partial charge in [-0.05, 0) is 67.9 Å². The Morgan fingerprint density at radius 1 is 1.12 bits per heavy atom. The van der Waals surface area contributed by atoms with Crippen LogP contribution in [0.1, 0.15) is 32.1 Å². The number of nitrogens with one attached hydrogen (secondary N) is 1. The molecule has 1 unspecified atom stereocenters. The third-order valence-electron chi connectivity index (χ3n) is 5.53. The van der Waals surface area contributed by atoms with E-state index in [9.17, 15) is 9.59 Å². The number of para-hydroxylation sites is 1. The molecule has 4 rings (SSSR count). The van der Waals surface area contributed by atoms with Crippen LogP contribution < -0.4 is 10.9 Å². The molecule has 6 nitrogen and oxygen atoms in total. The maximum atomic E-state index is 13.6. The number of amides is 2. The number of carbonyl (C=O) groups excluding carboxylic acids is 1. The first-order valence-electron chi connectivity index (χ1n) is 11.0. The Hall–Kier alpha value is -3.16. The summed E-state index contributed by atoms with van der Waals surface area (Å²) in [6, 6.07) is 20.9. The van der Waals surface area contributed by atoms with Gasteiger partial charge in [0.1, 0.15) is 5.82 Å². The van der Waals surface area contributed by atoms with Crippen LogP contribution in [0, 0.1) is 0 Å². The van der Waals surface area contributed by atoms with Gasteiger partial charge < -0.3 is 10.2 Å². The molecule has 8 heteroatoms. The van der Waals surface area contributed by atoms with Gasteiger partial charge in [-0.15, -0.1) is 0 Å². The second-order valence-electron chi connectivity index (χ2n) is 7.91. The van der Waals surface area contributed by atoms with Crippen LogP contribution in [0.3, 0.4) is 0 Å². The highest BCUT2D eigenvalue weighted by Crippen LogP contribution is 2.25. The summed E-state index contributed by atoms with van der Waals surface area (Å²) in [6.07, 6.45) is 0.743. The molecule has 0 fully saturated rings. The lowest BCUT2D eigenvalue weighted by Gasteiger charge is -2.30. The maximum Gasteiger partial charge on any atom is 0.322 e. The molecule has 1 aromatic heterocycles. The van der Waals surface area contributed by atoms with Gasteiger partial charge in [0.25, 0.3) is 5.56 Å². The summed E-state index contributed by atoms with van der Waals surface area (Å²) in [4.78, 5) is 33.4. The smallest absolute Gasteiger partial charge is 0.315 e. The normalized spacial score (nSPS) is 11.9. The SMILES string of the molecule is CCCN(C(=O)Nc1ccc(Br)cc1)C(C)c1nc2ccccc2c(=O)n1-c1cccc(Cl)c1. The summed E-state index contributed by atoms with van der Waals surface area (Å²) in [5.41, 5.74) is 1.65. The number of anilines is 1. The van der Waals surface area contributed by atoms with Crippen molar-refractivity contribution >= 4 is 50.2 Å². The number of carbonyl (C=O) groups is 1.